The Labute approximate surface area is 136 Å². The summed E-state index contributed by atoms with van der Waals surface area (Å²) in [5.74, 6) is 1.48. The number of likely N-dealkylation sites (N-methyl/N-ethyl adjacent to an activating group) is 1. The van der Waals surface area contributed by atoms with E-state index in [2.05, 4.69) is 4.98 Å². The summed E-state index contributed by atoms with van der Waals surface area (Å²) >= 11 is 0. The molecule has 2 aromatic carbocycles. The number of aromatic nitrogens is 2. The molecule has 0 spiro atoms. The maximum absolute atomic E-state index is 9.19. The van der Waals surface area contributed by atoms with E-state index in [1.54, 1.807) is 0 Å². The molecule has 0 bridgehead atoms. The van der Waals surface area contributed by atoms with Crippen LogP contribution in [0.5, 0.6) is 0 Å². The van der Waals surface area contributed by atoms with E-state index >= 15 is 0 Å². The Morgan fingerprint density at radius 2 is 1.48 bits per heavy atom. The van der Waals surface area contributed by atoms with Gasteiger partial charge < -0.3 is 10.0 Å². The van der Waals surface area contributed by atoms with Crippen molar-refractivity contribution in [2.24, 2.45) is 0 Å². The Morgan fingerprint density at radius 1 is 0.870 bits per heavy atom. The lowest BCUT2D eigenvalue weighted by Gasteiger charge is -2.18. The number of aliphatic hydroxyl groups is 1. The molecular weight excluding hydrogens is 286 g/mol. The molecule has 1 aromatic heterocycles. The van der Waals surface area contributed by atoms with Crippen LogP contribution in [-0.4, -0.2) is 35.3 Å². The van der Waals surface area contributed by atoms with Crippen molar-refractivity contribution in [3.63, 3.8) is 0 Å². The maximum Gasteiger partial charge on any atom is 0.162 e. The zero-order chi connectivity index (χ0) is 16.1. The number of hydrogen-bond donors (Lipinski definition) is 1. The van der Waals surface area contributed by atoms with Crippen molar-refractivity contribution in [1.82, 2.24) is 9.97 Å². The predicted octanol–water partition coefficient (Wildman–Crippen LogP) is 3.24. The SMILES string of the molecule is CN(CCO)c1cc(-c2ccccc2)nc(-c2ccccc2)n1. The average Bonchev–Trinajstić information content (AvgIpc) is 2.63. The van der Waals surface area contributed by atoms with Crippen LogP contribution < -0.4 is 4.90 Å². The fourth-order valence-electron chi connectivity index (χ4n) is 2.37. The molecule has 0 radical (unpaired) electrons. The van der Waals surface area contributed by atoms with Crippen molar-refractivity contribution in [1.29, 1.82) is 0 Å². The number of rotatable bonds is 5. The van der Waals surface area contributed by atoms with Gasteiger partial charge in [0, 0.05) is 30.8 Å². The Bertz CT molecular complexity index is 702. The highest BCUT2D eigenvalue weighted by atomic mass is 16.3. The summed E-state index contributed by atoms with van der Waals surface area (Å²) in [5, 5.41) is 9.19. The summed E-state index contributed by atoms with van der Waals surface area (Å²) in [7, 11) is 1.92. The zero-order valence-corrected chi connectivity index (χ0v) is 13.1. The molecule has 0 saturated carbocycles. The Kier molecular flexibility index (Phi) is 4.64. The molecule has 0 aliphatic rings. The molecule has 4 heteroatoms. The van der Waals surface area contributed by atoms with E-state index in [1.807, 2.05) is 78.7 Å². The third-order valence-corrected chi connectivity index (χ3v) is 3.64. The number of nitrogens with zero attached hydrogens (tertiary/aromatic N) is 3. The van der Waals surface area contributed by atoms with Gasteiger partial charge in [0.15, 0.2) is 5.82 Å². The Morgan fingerprint density at radius 3 is 2.09 bits per heavy atom. The second-order valence-electron chi connectivity index (χ2n) is 5.31. The van der Waals surface area contributed by atoms with Gasteiger partial charge in [0.05, 0.1) is 12.3 Å². The Balaban J connectivity index is 2.11. The fraction of sp³-hybridized carbons (Fsp3) is 0.158. The van der Waals surface area contributed by atoms with Crippen molar-refractivity contribution < 1.29 is 5.11 Å². The van der Waals surface area contributed by atoms with Gasteiger partial charge in [-0.05, 0) is 0 Å². The largest absolute Gasteiger partial charge is 0.395 e. The normalized spacial score (nSPS) is 10.5. The van der Waals surface area contributed by atoms with E-state index in [1.165, 1.54) is 0 Å². The molecule has 0 aliphatic carbocycles. The Hall–Kier alpha value is -2.72. The lowest BCUT2D eigenvalue weighted by atomic mass is 10.1. The molecule has 3 rings (SSSR count). The van der Waals surface area contributed by atoms with Crippen molar-refractivity contribution >= 4 is 5.82 Å². The molecule has 0 unspecified atom stereocenters. The standard InChI is InChI=1S/C19H19N3O/c1-22(12-13-23)18-14-17(15-8-4-2-5-9-15)20-19(21-18)16-10-6-3-7-11-16/h2-11,14,23H,12-13H2,1H3. The molecule has 116 valence electrons. The van der Waals surface area contributed by atoms with Crippen LogP contribution in [0.25, 0.3) is 22.6 Å². The third-order valence-electron chi connectivity index (χ3n) is 3.64. The monoisotopic (exact) mass is 305 g/mol. The molecule has 0 aliphatic heterocycles. The first-order valence-corrected chi connectivity index (χ1v) is 7.60. The molecule has 4 nitrogen and oxygen atoms in total. The highest BCUT2D eigenvalue weighted by molar-refractivity contribution is 5.67. The van der Waals surface area contributed by atoms with Gasteiger partial charge in [0.2, 0.25) is 0 Å². The molecule has 1 N–H and O–H groups in total. The molecule has 23 heavy (non-hydrogen) atoms. The summed E-state index contributed by atoms with van der Waals surface area (Å²) in [6.45, 7) is 0.612. The topological polar surface area (TPSA) is 49.2 Å². The van der Waals surface area contributed by atoms with Crippen LogP contribution >= 0.6 is 0 Å². The smallest absolute Gasteiger partial charge is 0.162 e. The van der Waals surface area contributed by atoms with Gasteiger partial charge in [-0.15, -0.1) is 0 Å². The molecule has 1 heterocycles. The first-order chi connectivity index (χ1) is 11.3. The minimum absolute atomic E-state index is 0.0852. The fourth-order valence-corrected chi connectivity index (χ4v) is 2.37. The van der Waals surface area contributed by atoms with Crippen molar-refractivity contribution in [3.05, 3.63) is 66.7 Å². The van der Waals surface area contributed by atoms with Gasteiger partial charge in [0.1, 0.15) is 5.82 Å². The molecular formula is C19H19N3O. The first kappa shape index (κ1) is 15.2. The summed E-state index contributed by atoms with van der Waals surface area (Å²) in [4.78, 5) is 11.3. The van der Waals surface area contributed by atoms with E-state index in [-0.39, 0.29) is 6.61 Å². The van der Waals surface area contributed by atoms with Crippen molar-refractivity contribution in [2.75, 3.05) is 25.1 Å². The minimum atomic E-state index is 0.0852. The van der Waals surface area contributed by atoms with E-state index < -0.39 is 0 Å². The average molecular weight is 305 g/mol. The molecule has 0 saturated heterocycles. The number of anilines is 1. The van der Waals surface area contributed by atoms with Gasteiger partial charge in [-0.1, -0.05) is 60.7 Å². The van der Waals surface area contributed by atoms with E-state index in [4.69, 9.17) is 4.98 Å². The van der Waals surface area contributed by atoms with Crippen LogP contribution in [0.1, 0.15) is 0 Å². The summed E-state index contributed by atoms with van der Waals surface area (Å²) in [6, 6.07) is 21.9. The molecule has 0 atom stereocenters. The third kappa shape index (κ3) is 3.55. The summed E-state index contributed by atoms with van der Waals surface area (Å²) < 4.78 is 0. The second kappa shape index (κ2) is 7.03. The van der Waals surface area contributed by atoms with E-state index in [9.17, 15) is 5.11 Å². The van der Waals surface area contributed by atoms with E-state index in [0.29, 0.717) is 12.4 Å². The van der Waals surface area contributed by atoms with Gasteiger partial charge in [0.25, 0.3) is 0 Å². The zero-order valence-electron chi connectivity index (χ0n) is 13.1. The van der Waals surface area contributed by atoms with Gasteiger partial charge >= 0.3 is 0 Å². The maximum atomic E-state index is 9.19. The van der Waals surface area contributed by atoms with E-state index in [0.717, 1.165) is 22.6 Å². The first-order valence-electron chi connectivity index (χ1n) is 7.60. The van der Waals surface area contributed by atoms with Crippen LogP contribution in [0.2, 0.25) is 0 Å². The lowest BCUT2D eigenvalue weighted by Crippen LogP contribution is -2.22. The van der Waals surface area contributed by atoms with Crippen LogP contribution in [0.3, 0.4) is 0 Å². The van der Waals surface area contributed by atoms with Gasteiger partial charge in [-0.25, -0.2) is 9.97 Å². The van der Waals surface area contributed by atoms with Crippen LogP contribution in [0, 0.1) is 0 Å². The van der Waals surface area contributed by atoms with Crippen LogP contribution in [0.4, 0.5) is 5.82 Å². The molecule has 0 fully saturated rings. The minimum Gasteiger partial charge on any atom is -0.395 e. The van der Waals surface area contributed by atoms with Crippen molar-refractivity contribution in [2.45, 2.75) is 0 Å². The number of hydrogen-bond acceptors (Lipinski definition) is 4. The summed E-state index contributed by atoms with van der Waals surface area (Å²) in [6.07, 6.45) is 0. The molecule has 3 aromatic rings. The van der Waals surface area contributed by atoms with Crippen LogP contribution in [0.15, 0.2) is 66.7 Å². The second-order valence-corrected chi connectivity index (χ2v) is 5.31. The lowest BCUT2D eigenvalue weighted by molar-refractivity contribution is 0.304. The summed E-state index contributed by atoms with van der Waals surface area (Å²) in [5.41, 5.74) is 2.90. The van der Waals surface area contributed by atoms with Crippen molar-refractivity contribution in [3.8, 4) is 22.6 Å². The quantitative estimate of drug-likeness (QED) is 0.786. The predicted molar refractivity (Wildman–Crippen MR) is 93.3 cm³/mol. The highest BCUT2D eigenvalue weighted by Crippen LogP contribution is 2.25. The van der Waals surface area contributed by atoms with Gasteiger partial charge in [-0.3, -0.25) is 0 Å². The number of aliphatic hydroxyl groups excluding tert-OH is 1. The highest BCUT2D eigenvalue weighted by Gasteiger charge is 2.11. The van der Waals surface area contributed by atoms with Crippen LogP contribution in [-0.2, 0) is 0 Å². The number of benzene rings is 2. The molecule has 0 amide bonds. The van der Waals surface area contributed by atoms with Gasteiger partial charge in [-0.2, -0.15) is 0 Å².